The monoisotopic (exact) mass is 858 g/mol. The van der Waals surface area contributed by atoms with Gasteiger partial charge in [0.1, 0.15) is 34.9 Å². The molecule has 3 aliphatic heterocycles. The van der Waals surface area contributed by atoms with Crippen molar-refractivity contribution < 1.29 is 41.8 Å². The molecule has 1 unspecified atom stereocenters. The summed E-state index contributed by atoms with van der Waals surface area (Å²) in [4.78, 5) is 47.5. The van der Waals surface area contributed by atoms with Crippen LogP contribution in [-0.2, 0) is 50.1 Å². The van der Waals surface area contributed by atoms with Crippen LogP contribution in [0.2, 0.25) is 0 Å². The molecule has 3 atom stereocenters. The van der Waals surface area contributed by atoms with Gasteiger partial charge in [-0.15, -0.1) is 0 Å². The SMILES string of the molecule is COC(=O)c1cnc2c(c1)CC(C)(c1ccc(F)cc1)N2.COC(=O)c1cnc2c(c1)C[C@@](C)(c1ccc(F)cc1)N2.COC(=O)c1cnc2c(c1)C[C@](C)(c1ccc(F)cc1)N2. The average molecular weight is 859 g/mol. The zero-order valence-electron chi connectivity index (χ0n) is 35.4. The maximum atomic E-state index is 13.1. The number of nitrogens with zero attached hydrogens (tertiary/aromatic N) is 3. The zero-order valence-corrected chi connectivity index (χ0v) is 35.4. The van der Waals surface area contributed by atoms with Gasteiger partial charge in [-0.25, -0.2) is 42.5 Å². The minimum atomic E-state index is -0.402. The van der Waals surface area contributed by atoms with E-state index in [1.54, 1.807) is 54.6 Å². The third-order valence-electron chi connectivity index (χ3n) is 11.4. The van der Waals surface area contributed by atoms with Crippen LogP contribution in [0.1, 0.15) is 85.2 Å². The zero-order chi connectivity index (χ0) is 45.1. The molecule has 6 aromatic rings. The van der Waals surface area contributed by atoms with Crippen molar-refractivity contribution in [2.24, 2.45) is 0 Å². The molecule has 6 heterocycles. The van der Waals surface area contributed by atoms with E-state index in [9.17, 15) is 27.6 Å². The number of hydrogen-bond acceptors (Lipinski definition) is 12. The van der Waals surface area contributed by atoms with Crippen molar-refractivity contribution in [1.29, 1.82) is 0 Å². The quantitative estimate of drug-likeness (QED) is 0.109. The molecule has 0 aliphatic carbocycles. The van der Waals surface area contributed by atoms with Gasteiger partial charge < -0.3 is 30.2 Å². The Bertz CT molecular complexity index is 2390. The second-order valence-electron chi connectivity index (χ2n) is 16.1. The predicted molar refractivity (Wildman–Crippen MR) is 230 cm³/mol. The van der Waals surface area contributed by atoms with Crippen molar-refractivity contribution in [3.8, 4) is 0 Å². The maximum Gasteiger partial charge on any atom is 0.339 e. The second kappa shape index (κ2) is 17.6. The fraction of sp³-hybridized carbons (Fsp3) is 0.250. The van der Waals surface area contributed by atoms with Crippen LogP contribution in [0.4, 0.5) is 30.6 Å². The molecule has 3 N–H and O–H groups in total. The lowest BCUT2D eigenvalue weighted by molar-refractivity contribution is 0.0591. The lowest BCUT2D eigenvalue weighted by Crippen LogP contribution is -2.29. The first-order valence-electron chi connectivity index (χ1n) is 19.9. The van der Waals surface area contributed by atoms with E-state index in [1.807, 2.05) is 20.8 Å². The number of benzene rings is 3. The predicted octanol–water partition coefficient (Wildman–Crippen LogP) is 8.67. The molecular formula is C48H45F3N6O6. The van der Waals surface area contributed by atoms with Crippen molar-refractivity contribution in [3.63, 3.8) is 0 Å². The van der Waals surface area contributed by atoms with Gasteiger partial charge in [0, 0.05) is 37.9 Å². The number of pyridine rings is 3. The Kier molecular flexibility index (Phi) is 12.2. The number of aromatic nitrogens is 3. The number of carbonyl (C=O) groups is 3. The van der Waals surface area contributed by atoms with Crippen LogP contribution in [0.3, 0.4) is 0 Å². The fourth-order valence-electron chi connectivity index (χ4n) is 8.00. The molecule has 3 aliphatic rings. The first-order chi connectivity index (χ1) is 30.0. The van der Waals surface area contributed by atoms with Crippen molar-refractivity contribution >= 4 is 35.4 Å². The van der Waals surface area contributed by atoms with Gasteiger partial charge >= 0.3 is 17.9 Å². The largest absolute Gasteiger partial charge is 0.465 e. The van der Waals surface area contributed by atoms with Gasteiger partial charge in [-0.3, -0.25) is 0 Å². The number of nitrogens with one attached hydrogen (secondary N) is 3. The van der Waals surface area contributed by atoms with E-state index >= 15 is 0 Å². The van der Waals surface area contributed by atoms with Crippen LogP contribution in [0.5, 0.6) is 0 Å². The molecule has 9 rings (SSSR count). The third kappa shape index (κ3) is 9.32. The van der Waals surface area contributed by atoms with Crippen LogP contribution >= 0.6 is 0 Å². The van der Waals surface area contributed by atoms with E-state index in [2.05, 4.69) is 30.9 Å². The highest BCUT2D eigenvalue weighted by Crippen LogP contribution is 2.40. The number of halogens is 3. The highest BCUT2D eigenvalue weighted by atomic mass is 19.1. The molecule has 0 saturated heterocycles. The van der Waals surface area contributed by atoms with Gasteiger partial charge in [0.2, 0.25) is 0 Å². The Balaban J connectivity index is 0.000000142. The van der Waals surface area contributed by atoms with E-state index in [1.165, 1.54) is 76.3 Å². The van der Waals surface area contributed by atoms with Crippen molar-refractivity contribution in [1.82, 2.24) is 15.0 Å². The topological polar surface area (TPSA) is 154 Å². The van der Waals surface area contributed by atoms with Crippen LogP contribution in [-0.4, -0.2) is 54.2 Å². The molecule has 0 fully saturated rings. The van der Waals surface area contributed by atoms with Crippen molar-refractivity contribution in [2.75, 3.05) is 37.3 Å². The first-order valence-corrected chi connectivity index (χ1v) is 19.9. The molecular weight excluding hydrogens is 814 g/mol. The summed E-state index contributed by atoms with van der Waals surface area (Å²) in [6.07, 6.45) is 6.50. The molecule has 0 bridgehead atoms. The number of carbonyl (C=O) groups excluding carboxylic acids is 3. The first kappa shape index (κ1) is 43.8. The molecule has 12 nitrogen and oxygen atoms in total. The van der Waals surface area contributed by atoms with Crippen molar-refractivity contribution in [2.45, 2.75) is 56.7 Å². The number of hydrogen-bond donors (Lipinski definition) is 3. The lowest BCUT2D eigenvalue weighted by Gasteiger charge is -2.25. The Morgan fingerprint density at radius 1 is 0.460 bits per heavy atom. The summed E-state index contributed by atoms with van der Waals surface area (Å²) in [6, 6.07) is 24.6. The Hall–Kier alpha value is -7.29. The number of methoxy groups -OCH3 is 3. The van der Waals surface area contributed by atoms with E-state index in [0.717, 1.165) is 50.8 Å². The summed E-state index contributed by atoms with van der Waals surface area (Å²) in [7, 11) is 4.03. The third-order valence-corrected chi connectivity index (χ3v) is 11.4. The van der Waals surface area contributed by atoms with E-state index in [4.69, 9.17) is 14.2 Å². The molecule has 0 amide bonds. The van der Waals surface area contributed by atoms with Gasteiger partial charge in [0.25, 0.3) is 0 Å². The van der Waals surface area contributed by atoms with Crippen LogP contribution in [0.15, 0.2) is 110 Å². The summed E-state index contributed by atoms with van der Waals surface area (Å²) in [5.41, 5.74) is 5.97. The molecule has 3 aromatic carbocycles. The van der Waals surface area contributed by atoms with E-state index in [-0.39, 0.29) is 34.1 Å². The van der Waals surface area contributed by atoms with Gasteiger partial charge in [0.15, 0.2) is 0 Å². The Morgan fingerprint density at radius 2 is 0.698 bits per heavy atom. The van der Waals surface area contributed by atoms with Crippen molar-refractivity contribution in [3.05, 3.63) is 177 Å². The van der Waals surface area contributed by atoms with Crippen LogP contribution in [0, 0.1) is 17.5 Å². The molecule has 0 spiro atoms. The molecule has 3 aromatic heterocycles. The molecule has 0 radical (unpaired) electrons. The second-order valence-corrected chi connectivity index (χ2v) is 16.1. The number of fused-ring (bicyclic) bond motifs is 3. The van der Waals surface area contributed by atoms with Gasteiger partial charge in [-0.05, 0) is 109 Å². The highest BCUT2D eigenvalue weighted by molar-refractivity contribution is 5.91. The van der Waals surface area contributed by atoms with Gasteiger partial charge in [-0.2, -0.15) is 0 Å². The van der Waals surface area contributed by atoms with E-state index < -0.39 is 17.9 Å². The normalized spacial score (nSPS) is 19.8. The minimum absolute atomic E-state index is 0.260. The van der Waals surface area contributed by atoms with Crippen LogP contribution < -0.4 is 16.0 Å². The van der Waals surface area contributed by atoms with Crippen LogP contribution in [0.25, 0.3) is 0 Å². The molecule has 0 saturated carbocycles. The van der Waals surface area contributed by atoms with E-state index in [0.29, 0.717) is 36.0 Å². The smallest absolute Gasteiger partial charge is 0.339 e. The van der Waals surface area contributed by atoms with Gasteiger partial charge in [0.05, 0.1) is 54.6 Å². The molecule has 15 heteroatoms. The molecule has 63 heavy (non-hydrogen) atoms. The Labute approximate surface area is 362 Å². The fourth-order valence-corrected chi connectivity index (χ4v) is 8.00. The highest BCUT2D eigenvalue weighted by Gasteiger charge is 2.37. The lowest BCUT2D eigenvalue weighted by atomic mass is 9.89. The average Bonchev–Trinajstić information content (AvgIpc) is 3.95. The summed E-state index contributed by atoms with van der Waals surface area (Å²) in [5.74, 6) is 0.248. The minimum Gasteiger partial charge on any atom is -0.465 e. The Morgan fingerprint density at radius 3 is 0.921 bits per heavy atom. The summed E-state index contributed by atoms with van der Waals surface area (Å²) < 4.78 is 53.3. The summed E-state index contributed by atoms with van der Waals surface area (Å²) in [5, 5.41) is 10.0. The number of anilines is 3. The number of esters is 3. The standard InChI is InChI=1S/3C16H15FN2O2/c3*1-16(12-3-5-13(17)6-4-12)8-10-7-11(15(20)21-2)9-18-14(10)19-16/h3*3-7,9H,8H2,1-2H3,(H,18,19)/t2*16-;/m10./s1. The summed E-state index contributed by atoms with van der Waals surface area (Å²) in [6.45, 7) is 6.08. The summed E-state index contributed by atoms with van der Waals surface area (Å²) >= 11 is 0. The number of ether oxygens (including phenoxy) is 3. The number of rotatable bonds is 6. The maximum absolute atomic E-state index is 13.1. The molecule has 324 valence electrons. The van der Waals surface area contributed by atoms with Gasteiger partial charge in [-0.1, -0.05) is 36.4 Å².